The maximum absolute atomic E-state index is 12.1. The topological polar surface area (TPSA) is 73.3 Å². The van der Waals surface area contributed by atoms with Gasteiger partial charge in [0.05, 0.1) is 5.69 Å². The predicted molar refractivity (Wildman–Crippen MR) is 87.4 cm³/mol. The van der Waals surface area contributed by atoms with Crippen LogP contribution in [0, 0.1) is 6.92 Å². The highest BCUT2D eigenvalue weighted by Gasteiger charge is 2.07. The Balaban J connectivity index is 1.75. The molecule has 0 atom stereocenters. The summed E-state index contributed by atoms with van der Waals surface area (Å²) in [5, 5.41) is 3.21. The molecule has 0 saturated heterocycles. The molecule has 0 fully saturated rings. The first-order valence-electron chi connectivity index (χ1n) is 7.37. The van der Waals surface area contributed by atoms with Crippen molar-refractivity contribution in [1.82, 2.24) is 23.8 Å². The number of hydrogen-bond donors (Lipinski definition) is 1. The highest BCUT2D eigenvalue weighted by molar-refractivity contribution is 5.47. The highest BCUT2D eigenvalue weighted by Crippen LogP contribution is 2.09. The fourth-order valence-corrected chi connectivity index (χ4v) is 2.62. The SMILES string of the molecule is Cc1cccn2cc(CNCc3cn(C)c(=O)n(C)c3=O)nc12. The Hall–Kier alpha value is -2.67. The Morgan fingerprint density at radius 3 is 2.70 bits per heavy atom. The number of hydrogen-bond acceptors (Lipinski definition) is 4. The zero-order chi connectivity index (χ0) is 16.6. The van der Waals surface area contributed by atoms with E-state index in [-0.39, 0.29) is 11.2 Å². The Morgan fingerprint density at radius 2 is 1.96 bits per heavy atom. The van der Waals surface area contributed by atoms with Crippen molar-refractivity contribution in [3.8, 4) is 0 Å². The molecule has 0 aliphatic carbocycles. The average molecular weight is 313 g/mol. The first kappa shape index (κ1) is 15.2. The quantitative estimate of drug-likeness (QED) is 0.753. The molecule has 0 spiro atoms. The van der Waals surface area contributed by atoms with Gasteiger partial charge in [0, 0.05) is 51.3 Å². The van der Waals surface area contributed by atoms with Crippen LogP contribution in [-0.4, -0.2) is 18.5 Å². The number of nitrogens with zero attached hydrogens (tertiary/aromatic N) is 4. The minimum absolute atomic E-state index is 0.272. The lowest BCUT2D eigenvalue weighted by Crippen LogP contribution is -2.39. The van der Waals surface area contributed by atoms with Crippen molar-refractivity contribution in [3.63, 3.8) is 0 Å². The molecule has 7 heteroatoms. The summed E-state index contributed by atoms with van der Waals surface area (Å²) in [6.07, 6.45) is 5.50. The van der Waals surface area contributed by atoms with E-state index < -0.39 is 0 Å². The molecule has 3 rings (SSSR count). The number of pyridine rings is 1. The van der Waals surface area contributed by atoms with Crippen LogP contribution >= 0.6 is 0 Å². The molecule has 7 nitrogen and oxygen atoms in total. The van der Waals surface area contributed by atoms with Crippen LogP contribution < -0.4 is 16.6 Å². The van der Waals surface area contributed by atoms with Gasteiger partial charge in [-0.25, -0.2) is 9.78 Å². The molecule has 0 unspecified atom stereocenters. The minimum Gasteiger partial charge on any atom is -0.307 e. The van der Waals surface area contributed by atoms with E-state index in [1.807, 2.05) is 35.9 Å². The number of aromatic nitrogens is 4. The second-order valence-corrected chi connectivity index (χ2v) is 5.67. The van der Waals surface area contributed by atoms with Crippen molar-refractivity contribution in [2.24, 2.45) is 14.1 Å². The Bertz CT molecular complexity index is 980. The maximum Gasteiger partial charge on any atom is 0.330 e. The van der Waals surface area contributed by atoms with E-state index in [1.165, 1.54) is 11.6 Å². The number of fused-ring (bicyclic) bond motifs is 1. The van der Waals surface area contributed by atoms with Gasteiger partial charge in [-0.05, 0) is 18.6 Å². The lowest BCUT2D eigenvalue weighted by atomic mass is 10.3. The fraction of sp³-hybridized carbons (Fsp3) is 0.312. The fourth-order valence-electron chi connectivity index (χ4n) is 2.62. The molecule has 23 heavy (non-hydrogen) atoms. The summed E-state index contributed by atoms with van der Waals surface area (Å²) in [6, 6.07) is 4.00. The van der Waals surface area contributed by atoms with Crippen LogP contribution in [0.2, 0.25) is 0 Å². The zero-order valence-electron chi connectivity index (χ0n) is 13.4. The summed E-state index contributed by atoms with van der Waals surface area (Å²) in [7, 11) is 3.12. The number of aryl methyl sites for hydroxylation is 2. The second-order valence-electron chi connectivity index (χ2n) is 5.67. The lowest BCUT2D eigenvalue weighted by Gasteiger charge is -2.07. The molecule has 0 aromatic carbocycles. The van der Waals surface area contributed by atoms with Crippen molar-refractivity contribution < 1.29 is 0 Å². The van der Waals surface area contributed by atoms with Gasteiger partial charge in [-0.3, -0.25) is 9.36 Å². The molecule has 3 heterocycles. The van der Waals surface area contributed by atoms with Gasteiger partial charge < -0.3 is 14.3 Å². The van der Waals surface area contributed by atoms with Crippen molar-refractivity contribution in [2.45, 2.75) is 20.0 Å². The Labute approximate surface area is 132 Å². The number of nitrogens with one attached hydrogen (secondary N) is 1. The van der Waals surface area contributed by atoms with Gasteiger partial charge in [-0.2, -0.15) is 0 Å². The summed E-state index contributed by atoms with van der Waals surface area (Å²) < 4.78 is 4.51. The molecular weight excluding hydrogens is 294 g/mol. The third kappa shape index (κ3) is 2.83. The van der Waals surface area contributed by atoms with Crippen LogP contribution in [-0.2, 0) is 27.2 Å². The van der Waals surface area contributed by atoms with Gasteiger partial charge in [-0.1, -0.05) is 6.07 Å². The third-order valence-electron chi connectivity index (χ3n) is 3.87. The lowest BCUT2D eigenvalue weighted by molar-refractivity contribution is 0.627. The molecular formula is C16H19N5O2. The normalized spacial score (nSPS) is 11.3. The molecule has 3 aromatic heterocycles. The largest absolute Gasteiger partial charge is 0.330 e. The standard InChI is InChI=1S/C16H19N5O2/c1-11-5-4-6-21-10-13(18-14(11)21)8-17-7-12-9-19(2)16(23)20(3)15(12)22/h4-6,9-10,17H,7-8H2,1-3H3. The number of imidazole rings is 1. The predicted octanol–water partition coefficient (Wildman–Crippen LogP) is 0.330. The highest BCUT2D eigenvalue weighted by atomic mass is 16.2. The Kier molecular flexibility index (Phi) is 3.87. The van der Waals surface area contributed by atoms with Crippen LogP contribution in [0.15, 0.2) is 40.3 Å². The summed E-state index contributed by atoms with van der Waals surface area (Å²) in [4.78, 5) is 28.3. The molecule has 0 aliphatic rings. The molecule has 0 bridgehead atoms. The van der Waals surface area contributed by atoms with Gasteiger partial charge in [-0.15, -0.1) is 0 Å². The van der Waals surface area contributed by atoms with Crippen LogP contribution in [0.5, 0.6) is 0 Å². The van der Waals surface area contributed by atoms with Crippen molar-refractivity contribution >= 4 is 5.65 Å². The molecule has 1 N–H and O–H groups in total. The minimum atomic E-state index is -0.324. The molecule has 0 amide bonds. The summed E-state index contributed by atoms with van der Waals surface area (Å²) in [6.45, 7) is 2.95. The van der Waals surface area contributed by atoms with E-state index in [0.717, 1.165) is 21.5 Å². The van der Waals surface area contributed by atoms with Crippen molar-refractivity contribution in [1.29, 1.82) is 0 Å². The van der Waals surface area contributed by atoms with Gasteiger partial charge in [0.1, 0.15) is 5.65 Å². The van der Waals surface area contributed by atoms with E-state index in [1.54, 1.807) is 13.2 Å². The van der Waals surface area contributed by atoms with Crippen LogP contribution in [0.25, 0.3) is 5.65 Å². The Morgan fingerprint density at radius 1 is 1.17 bits per heavy atom. The molecule has 0 saturated carbocycles. The van der Waals surface area contributed by atoms with E-state index in [0.29, 0.717) is 18.7 Å². The summed E-state index contributed by atoms with van der Waals surface area (Å²) >= 11 is 0. The van der Waals surface area contributed by atoms with Crippen molar-refractivity contribution in [2.75, 3.05) is 0 Å². The monoisotopic (exact) mass is 313 g/mol. The van der Waals surface area contributed by atoms with Gasteiger partial charge >= 0.3 is 5.69 Å². The zero-order valence-corrected chi connectivity index (χ0v) is 13.4. The molecule has 0 radical (unpaired) electrons. The van der Waals surface area contributed by atoms with E-state index >= 15 is 0 Å². The maximum atomic E-state index is 12.1. The van der Waals surface area contributed by atoms with Crippen LogP contribution in [0.4, 0.5) is 0 Å². The summed E-state index contributed by atoms with van der Waals surface area (Å²) in [5.74, 6) is 0. The molecule has 3 aromatic rings. The van der Waals surface area contributed by atoms with Gasteiger partial charge in [0.2, 0.25) is 0 Å². The van der Waals surface area contributed by atoms with E-state index in [9.17, 15) is 9.59 Å². The second kappa shape index (κ2) is 5.85. The van der Waals surface area contributed by atoms with Crippen LogP contribution in [0.3, 0.4) is 0 Å². The average Bonchev–Trinajstić information content (AvgIpc) is 2.94. The summed E-state index contributed by atoms with van der Waals surface area (Å²) in [5.41, 5.74) is 2.91. The van der Waals surface area contributed by atoms with E-state index in [4.69, 9.17) is 0 Å². The molecule has 120 valence electrons. The third-order valence-corrected chi connectivity index (χ3v) is 3.87. The van der Waals surface area contributed by atoms with Crippen LogP contribution in [0.1, 0.15) is 16.8 Å². The van der Waals surface area contributed by atoms with Gasteiger partial charge in [0.15, 0.2) is 0 Å². The van der Waals surface area contributed by atoms with E-state index in [2.05, 4.69) is 10.3 Å². The first-order valence-corrected chi connectivity index (χ1v) is 7.37. The molecule has 0 aliphatic heterocycles. The van der Waals surface area contributed by atoms with Gasteiger partial charge in [0.25, 0.3) is 5.56 Å². The number of rotatable bonds is 4. The van der Waals surface area contributed by atoms with Crippen molar-refractivity contribution in [3.05, 3.63) is 68.4 Å². The smallest absolute Gasteiger partial charge is 0.307 e. The first-order chi connectivity index (χ1) is 11.0.